The van der Waals surface area contributed by atoms with Gasteiger partial charge >= 0.3 is 0 Å². The van der Waals surface area contributed by atoms with Crippen LogP contribution in [0.4, 0.5) is 11.6 Å². The van der Waals surface area contributed by atoms with Crippen molar-refractivity contribution in [1.82, 2.24) is 4.98 Å². The van der Waals surface area contributed by atoms with Crippen molar-refractivity contribution in [2.45, 2.75) is 45.6 Å². The van der Waals surface area contributed by atoms with Gasteiger partial charge in [-0.05, 0) is 24.8 Å². The number of halogens is 2. The summed E-state index contributed by atoms with van der Waals surface area (Å²) in [5, 5.41) is 1.01. The molecule has 0 aliphatic heterocycles. The molecule has 0 unspecified atom stereocenters. The fourth-order valence-electron chi connectivity index (χ4n) is 2.69. The minimum Gasteiger partial charge on any atom is -0.382 e. The second-order valence-corrected chi connectivity index (χ2v) is 6.46. The summed E-state index contributed by atoms with van der Waals surface area (Å²) in [6, 6.07) is 2.22. The Balaban J connectivity index is 2.33. The van der Waals surface area contributed by atoms with Gasteiger partial charge < -0.3 is 10.6 Å². The highest BCUT2D eigenvalue weighted by molar-refractivity contribution is 6.37. The molecule has 0 bridgehead atoms. The molecule has 1 heterocycles. The van der Waals surface area contributed by atoms with Gasteiger partial charge in [-0.25, -0.2) is 4.98 Å². The van der Waals surface area contributed by atoms with Crippen molar-refractivity contribution in [3.05, 3.63) is 16.1 Å². The van der Waals surface area contributed by atoms with Crippen molar-refractivity contribution in [3.63, 3.8) is 0 Å². The Labute approximate surface area is 125 Å². The first-order valence-corrected chi connectivity index (χ1v) is 7.62. The first kappa shape index (κ1) is 14.7. The summed E-state index contributed by atoms with van der Waals surface area (Å²) in [5.74, 6) is 1.69. The van der Waals surface area contributed by atoms with Gasteiger partial charge in [0.25, 0.3) is 0 Å². The summed E-state index contributed by atoms with van der Waals surface area (Å²) >= 11 is 12.3. The minimum absolute atomic E-state index is 0.354. The van der Waals surface area contributed by atoms with Crippen LogP contribution in [0.3, 0.4) is 0 Å². The molecule has 3 nitrogen and oxygen atoms in total. The lowest BCUT2D eigenvalue weighted by Gasteiger charge is -2.32. The molecule has 1 fully saturated rings. The maximum Gasteiger partial charge on any atom is 0.150 e. The van der Waals surface area contributed by atoms with E-state index in [2.05, 4.69) is 23.7 Å². The molecule has 1 aromatic rings. The van der Waals surface area contributed by atoms with E-state index >= 15 is 0 Å². The molecule has 1 saturated carbocycles. The molecule has 0 radical (unpaired) electrons. The lowest BCUT2D eigenvalue weighted by Crippen LogP contribution is -2.37. The summed E-state index contributed by atoms with van der Waals surface area (Å²) < 4.78 is 0. The summed E-state index contributed by atoms with van der Waals surface area (Å²) in [6.07, 6.45) is 4.96. The SMILES string of the molecule is CC(C)CN(c1nc(N)c(Cl)cc1Cl)C1CCCC1. The molecule has 1 aliphatic rings. The van der Waals surface area contributed by atoms with Crippen LogP contribution < -0.4 is 10.6 Å². The first-order valence-electron chi connectivity index (χ1n) is 6.87. The maximum absolute atomic E-state index is 6.31. The average Bonchev–Trinajstić information content (AvgIpc) is 2.84. The van der Waals surface area contributed by atoms with Gasteiger partial charge in [0.05, 0.1) is 10.0 Å². The van der Waals surface area contributed by atoms with Gasteiger partial charge in [-0.3, -0.25) is 0 Å². The highest BCUT2D eigenvalue weighted by Crippen LogP contribution is 2.35. The number of hydrogen-bond donors (Lipinski definition) is 1. The lowest BCUT2D eigenvalue weighted by molar-refractivity contribution is 0.531. The number of rotatable bonds is 4. The summed E-state index contributed by atoms with van der Waals surface area (Å²) in [7, 11) is 0. The van der Waals surface area contributed by atoms with Crippen LogP contribution in [-0.4, -0.2) is 17.6 Å². The molecule has 19 heavy (non-hydrogen) atoms. The summed E-state index contributed by atoms with van der Waals surface area (Å²) in [4.78, 5) is 6.72. The summed E-state index contributed by atoms with van der Waals surface area (Å²) in [5.41, 5.74) is 5.83. The second-order valence-electron chi connectivity index (χ2n) is 5.65. The highest BCUT2D eigenvalue weighted by Gasteiger charge is 2.26. The third-order valence-electron chi connectivity index (χ3n) is 3.54. The molecular weight excluding hydrogens is 281 g/mol. The van der Waals surface area contributed by atoms with E-state index in [1.807, 2.05) is 0 Å². The summed E-state index contributed by atoms with van der Waals surface area (Å²) in [6.45, 7) is 5.35. The number of hydrogen-bond acceptors (Lipinski definition) is 3. The van der Waals surface area contributed by atoms with Gasteiger partial charge in [-0.1, -0.05) is 49.9 Å². The lowest BCUT2D eigenvalue weighted by atomic mass is 10.1. The molecular formula is C14H21Cl2N3. The number of pyridine rings is 1. The molecule has 1 aliphatic carbocycles. The Morgan fingerprint density at radius 2 is 1.95 bits per heavy atom. The Kier molecular flexibility index (Phi) is 4.80. The van der Waals surface area contributed by atoms with Gasteiger partial charge in [0.15, 0.2) is 0 Å². The van der Waals surface area contributed by atoms with E-state index in [1.54, 1.807) is 6.07 Å². The Morgan fingerprint density at radius 3 is 2.53 bits per heavy atom. The molecule has 0 spiro atoms. The van der Waals surface area contributed by atoms with Crippen LogP contribution >= 0.6 is 23.2 Å². The van der Waals surface area contributed by atoms with E-state index in [-0.39, 0.29) is 0 Å². The van der Waals surface area contributed by atoms with Gasteiger partial charge in [-0.2, -0.15) is 0 Å². The van der Waals surface area contributed by atoms with Crippen LogP contribution in [0.25, 0.3) is 0 Å². The van der Waals surface area contributed by atoms with Crippen molar-refractivity contribution < 1.29 is 0 Å². The molecule has 0 aromatic carbocycles. The Hall–Kier alpha value is -0.670. The van der Waals surface area contributed by atoms with E-state index in [1.165, 1.54) is 25.7 Å². The maximum atomic E-state index is 6.31. The minimum atomic E-state index is 0.354. The Bertz CT molecular complexity index is 443. The van der Waals surface area contributed by atoms with Gasteiger partial charge in [0.1, 0.15) is 11.6 Å². The third kappa shape index (κ3) is 3.46. The fraction of sp³-hybridized carbons (Fsp3) is 0.643. The van der Waals surface area contributed by atoms with Gasteiger partial charge in [0, 0.05) is 12.6 Å². The molecule has 0 atom stereocenters. The monoisotopic (exact) mass is 301 g/mol. The van der Waals surface area contributed by atoms with E-state index in [0.717, 1.165) is 12.4 Å². The fourth-order valence-corrected chi connectivity index (χ4v) is 3.16. The van der Waals surface area contributed by atoms with Crippen LogP contribution in [0.15, 0.2) is 6.07 Å². The topological polar surface area (TPSA) is 42.2 Å². The number of anilines is 2. The molecule has 2 rings (SSSR count). The van der Waals surface area contributed by atoms with Crippen LogP contribution in [-0.2, 0) is 0 Å². The average molecular weight is 302 g/mol. The zero-order chi connectivity index (χ0) is 14.0. The molecule has 2 N–H and O–H groups in total. The normalized spacial score (nSPS) is 16.3. The number of nitrogens with zero attached hydrogens (tertiary/aromatic N) is 2. The van der Waals surface area contributed by atoms with Crippen LogP contribution in [0.2, 0.25) is 10.0 Å². The van der Waals surface area contributed by atoms with E-state index in [4.69, 9.17) is 28.9 Å². The van der Waals surface area contributed by atoms with Gasteiger partial charge in [0.2, 0.25) is 0 Å². The van der Waals surface area contributed by atoms with E-state index in [9.17, 15) is 0 Å². The zero-order valence-electron chi connectivity index (χ0n) is 11.5. The smallest absolute Gasteiger partial charge is 0.150 e. The number of nitrogen functional groups attached to an aromatic ring is 1. The largest absolute Gasteiger partial charge is 0.382 e. The quantitative estimate of drug-likeness (QED) is 0.897. The van der Waals surface area contributed by atoms with Crippen LogP contribution in [0, 0.1) is 5.92 Å². The van der Waals surface area contributed by atoms with Crippen molar-refractivity contribution in [2.75, 3.05) is 17.2 Å². The van der Waals surface area contributed by atoms with Crippen molar-refractivity contribution in [2.24, 2.45) is 5.92 Å². The molecule has 0 saturated heterocycles. The number of aromatic nitrogens is 1. The van der Waals surface area contributed by atoms with Crippen molar-refractivity contribution >= 4 is 34.8 Å². The molecule has 106 valence electrons. The molecule has 0 amide bonds. The first-order chi connectivity index (χ1) is 8.99. The van der Waals surface area contributed by atoms with Crippen molar-refractivity contribution in [1.29, 1.82) is 0 Å². The van der Waals surface area contributed by atoms with Crippen molar-refractivity contribution in [3.8, 4) is 0 Å². The standard InChI is InChI=1S/C14H21Cl2N3/c1-9(2)8-19(10-5-3-4-6-10)14-12(16)7-11(15)13(17)18-14/h7,9-10H,3-6,8H2,1-2H3,(H2,17,18). The predicted molar refractivity (Wildman–Crippen MR) is 83.1 cm³/mol. The number of nitrogens with two attached hydrogens (primary N) is 1. The zero-order valence-corrected chi connectivity index (χ0v) is 13.0. The predicted octanol–water partition coefficient (Wildman–Crippen LogP) is 4.38. The molecule has 1 aromatic heterocycles. The van der Waals surface area contributed by atoms with Gasteiger partial charge in [-0.15, -0.1) is 0 Å². The molecule has 5 heteroatoms. The Morgan fingerprint density at radius 1 is 1.32 bits per heavy atom. The van der Waals surface area contributed by atoms with E-state index < -0.39 is 0 Å². The van der Waals surface area contributed by atoms with Crippen LogP contribution in [0.5, 0.6) is 0 Å². The third-order valence-corrected chi connectivity index (χ3v) is 4.12. The van der Waals surface area contributed by atoms with E-state index in [0.29, 0.717) is 27.8 Å². The second kappa shape index (κ2) is 6.19. The highest BCUT2D eigenvalue weighted by atomic mass is 35.5. The van der Waals surface area contributed by atoms with Crippen LogP contribution in [0.1, 0.15) is 39.5 Å².